The van der Waals surface area contributed by atoms with Crippen molar-refractivity contribution in [3.05, 3.63) is 17.0 Å². The standard InChI is InChI=1S/C14H21N3O2/c1-9-12(10(2)17(3)16-9)13(18)14(19)15-11-7-5-4-6-8-11/h11H,4-8H2,1-3H3,(H,15,19). The maximum absolute atomic E-state index is 12.2. The first-order valence-electron chi connectivity index (χ1n) is 6.86. The van der Waals surface area contributed by atoms with E-state index in [0.29, 0.717) is 11.3 Å². The number of nitrogens with one attached hydrogen (secondary N) is 1. The largest absolute Gasteiger partial charge is 0.346 e. The molecule has 0 atom stereocenters. The van der Waals surface area contributed by atoms with Crippen molar-refractivity contribution in [3.63, 3.8) is 0 Å². The van der Waals surface area contributed by atoms with Crippen molar-refractivity contribution in [1.82, 2.24) is 15.1 Å². The van der Waals surface area contributed by atoms with Crippen molar-refractivity contribution < 1.29 is 9.59 Å². The topological polar surface area (TPSA) is 64.0 Å². The van der Waals surface area contributed by atoms with Gasteiger partial charge in [0.2, 0.25) is 0 Å². The van der Waals surface area contributed by atoms with Gasteiger partial charge in [-0.1, -0.05) is 19.3 Å². The maximum atomic E-state index is 12.2. The normalized spacial score (nSPS) is 16.4. The van der Waals surface area contributed by atoms with Crippen molar-refractivity contribution in [1.29, 1.82) is 0 Å². The van der Waals surface area contributed by atoms with Crippen LogP contribution in [0.25, 0.3) is 0 Å². The van der Waals surface area contributed by atoms with Gasteiger partial charge in [-0.25, -0.2) is 0 Å². The predicted octanol–water partition coefficient (Wildman–Crippen LogP) is 1.67. The van der Waals surface area contributed by atoms with E-state index in [0.717, 1.165) is 31.4 Å². The van der Waals surface area contributed by atoms with Gasteiger partial charge in [0.1, 0.15) is 0 Å². The molecule has 0 saturated heterocycles. The molecule has 1 aromatic rings. The maximum Gasteiger partial charge on any atom is 0.292 e. The molecule has 5 heteroatoms. The Hall–Kier alpha value is -1.65. The number of nitrogens with zero attached hydrogens (tertiary/aromatic N) is 2. The molecule has 1 N–H and O–H groups in total. The summed E-state index contributed by atoms with van der Waals surface area (Å²) >= 11 is 0. The van der Waals surface area contributed by atoms with Gasteiger partial charge in [0.25, 0.3) is 11.7 Å². The van der Waals surface area contributed by atoms with E-state index in [1.165, 1.54) is 6.42 Å². The zero-order valence-electron chi connectivity index (χ0n) is 11.8. The summed E-state index contributed by atoms with van der Waals surface area (Å²) in [6, 6.07) is 0.155. The molecule has 1 saturated carbocycles. The number of carbonyl (C=O) groups excluding carboxylic acids is 2. The Kier molecular flexibility index (Phi) is 4.02. The monoisotopic (exact) mass is 263 g/mol. The lowest BCUT2D eigenvalue weighted by Gasteiger charge is -2.22. The number of Topliss-reactive ketones (excluding diaryl/α,β-unsaturated/α-hetero) is 1. The van der Waals surface area contributed by atoms with Crippen LogP contribution in [0.5, 0.6) is 0 Å². The van der Waals surface area contributed by atoms with Gasteiger partial charge in [-0.2, -0.15) is 5.10 Å². The first-order valence-corrected chi connectivity index (χ1v) is 6.86. The van der Waals surface area contributed by atoms with E-state index in [1.807, 2.05) is 0 Å². The fraction of sp³-hybridized carbons (Fsp3) is 0.643. The van der Waals surface area contributed by atoms with Crippen molar-refractivity contribution in [2.24, 2.45) is 7.05 Å². The number of rotatable bonds is 3. The van der Waals surface area contributed by atoms with Gasteiger partial charge >= 0.3 is 0 Å². The van der Waals surface area contributed by atoms with Gasteiger partial charge in [0.05, 0.1) is 11.3 Å². The number of amides is 1. The average molecular weight is 263 g/mol. The van der Waals surface area contributed by atoms with Crippen LogP contribution in [0.4, 0.5) is 0 Å². The van der Waals surface area contributed by atoms with Gasteiger partial charge in [-0.05, 0) is 26.7 Å². The molecule has 1 aliphatic carbocycles. The highest BCUT2D eigenvalue weighted by atomic mass is 16.2. The lowest BCUT2D eigenvalue weighted by atomic mass is 9.95. The third kappa shape index (κ3) is 2.85. The molecule has 0 bridgehead atoms. The number of carbonyl (C=O) groups is 2. The number of ketones is 1. The van der Waals surface area contributed by atoms with Crippen LogP contribution in [0.2, 0.25) is 0 Å². The zero-order valence-corrected chi connectivity index (χ0v) is 11.8. The third-order valence-corrected chi connectivity index (χ3v) is 3.88. The Morgan fingerprint density at radius 2 is 1.84 bits per heavy atom. The zero-order chi connectivity index (χ0) is 14.0. The molecule has 0 spiro atoms. The van der Waals surface area contributed by atoms with E-state index in [1.54, 1.807) is 25.6 Å². The van der Waals surface area contributed by atoms with Crippen LogP contribution in [-0.4, -0.2) is 27.5 Å². The van der Waals surface area contributed by atoms with E-state index < -0.39 is 11.7 Å². The summed E-state index contributed by atoms with van der Waals surface area (Å²) in [4.78, 5) is 24.2. The second kappa shape index (κ2) is 5.55. The van der Waals surface area contributed by atoms with E-state index in [-0.39, 0.29) is 6.04 Å². The first kappa shape index (κ1) is 13.8. The molecular formula is C14H21N3O2. The van der Waals surface area contributed by atoms with Crippen LogP contribution in [0.15, 0.2) is 0 Å². The minimum atomic E-state index is -0.494. The Balaban J connectivity index is 2.08. The molecule has 0 radical (unpaired) electrons. The minimum Gasteiger partial charge on any atom is -0.346 e. The SMILES string of the molecule is Cc1nn(C)c(C)c1C(=O)C(=O)NC1CCCCC1. The highest BCUT2D eigenvalue weighted by molar-refractivity contribution is 6.43. The van der Waals surface area contributed by atoms with E-state index >= 15 is 0 Å². The summed E-state index contributed by atoms with van der Waals surface area (Å²) in [5.74, 6) is -0.959. The average Bonchev–Trinajstić information content (AvgIpc) is 2.63. The van der Waals surface area contributed by atoms with Crippen LogP contribution in [0.3, 0.4) is 0 Å². The summed E-state index contributed by atoms with van der Waals surface area (Å²) < 4.78 is 1.64. The molecule has 1 heterocycles. The molecule has 2 rings (SSSR count). The second-order valence-electron chi connectivity index (χ2n) is 5.31. The predicted molar refractivity (Wildman–Crippen MR) is 72.0 cm³/mol. The van der Waals surface area contributed by atoms with E-state index in [4.69, 9.17) is 0 Å². The Morgan fingerprint density at radius 3 is 2.37 bits per heavy atom. The summed E-state index contributed by atoms with van der Waals surface area (Å²) in [7, 11) is 1.78. The lowest BCUT2D eigenvalue weighted by Crippen LogP contribution is -2.40. The molecule has 0 aliphatic heterocycles. The number of hydrogen-bond donors (Lipinski definition) is 1. The highest BCUT2D eigenvalue weighted by Crippen LogP contribution is 2.18. The van der Waals surface area contributed by atoms with Crippen LogP contribution in [0, 0.1) is 13.8 Å². The molecule has 0 unspecified atom stereocenters. The highest BCUT2D eigenvalue weighted by Gasteiger charge is 2.26. The summed E-state index contributed by atoms with van der Waals surface area (Å²) in [5, 5.41) is 7.03. The van der Waals surface area contributed by atoms with Crippen LogP contribution < -0.4 is 5.32 Å². The minimum absolute atomic E-state index is 0.155. The van der Waals surface area contributed by atoms with Crippen molar-refractivity contribution in [3.8, 4) is 0 Å². The van der Waals surface area contributed by atoms with E-state index in [2.05, 4.69) is 10.4 Å². The second-order valence-corrected chi connectivity index (χ2v) is 5.31. The molecule has 0 aromatic carbocycles. The molecule has 1 aromatic heterocycles. The summed E-state index contributed by atoms with van der Waals surface area (Å²) in [6.45, 7) is 3.56. The van der Waals surface area contributed by atoms with Gasteiger partial charge < -0.3 is 5.32 Å². The van der Waals surface area contributed by atoms with Crippen LogP contribution >= 0.6 is 0 Å². The Labute approximate surface area is 113 Å². The Bertz CT molecular complexity index is 499. The lowest BCUT2D eigenvalue weighted by molar-refractivity contribution is -0.117. The quantitative estimate of drug-likeness (QED) is 0.666. The molecule has 1 fully saturated rings. The Morgan fingerprint density at radius 1 is 1.21 bits per heavy atom. The molecular weight excluding hydrogens is 242 g/mol. The van der Waals surface area contributed by atoms with Crippen LogP contribution in [-0.2, 0) is 11.8 Å². The number of aromatic nitrogens is 2. The van der Waals surface area contributed by atoms with Gasteiger partial charge in [-0.3, -0.25) is 14.3 Å². The smallest absolute Gasteiger partial charge is 0.292 e. The molecule has 1 aliphatic rings. The van der Waals surface area contributed by atoms with Crippen molar-refractivity contribution in [2.45, 2.75) is 52.0 Å². The fourth-order valence-electron chi connectivity index (χ4n) is 2.71. The first-order chi connectivity index (χ1) is 9.00. The summed E-state index contributed by atoms with van der Waals surface area (Å²) in [5.41, 5.74) is 1.79. The van der Waals surface area contributed by atoms with Gasteiger partial charge in [-0.15, -0.1) is 0 Å². The third-order valence-electron chi connectivity index (χ3n) is 3.88. The van der Waals surface area contributed by atoms with Crippen molar-refractivity contribution in [2.75, 3.05) is 0 Å². The van der Waals surface area contributed by atoms with Crippen LogP contribution in [0.1, 0.15) is 53.8 Å². The number of aryl methyl sites for hydroxylation is 2. The molecule has 19 heavy (non-hydrogen) atoms. The van der Waals surface area contributed by atoms with Gasteiger partial charge in [0, 0.05) is 18.8 Å². The van der Waals surface area contributed by atoms with E-state index in [9.17, 15) is 9.59 Å². The molecule has 5 nitrogen and oxygen atoms in total. The molecule has 104 valence electrons. The molecule has 1 amide bonds. The number of hydrogen-bond acceptors (Lipinski definition) is 3. The van der Waals surface area contributed by atoms with Crippen molar-refractivity contribution >= 4 is 11.7 Å². The van der Waals surface area contributed by atoms with Gasteiger partial charge in [0.15, 0.2) is 0 Å². The fourth-order valence-corrected chi connectivity index (χ4v) is 2.71. The summed E-state index contributed by atoms with van der Waals surface area (Å²) in [6.07, 6.45) is 5.43.